The number of ketones is 1. The van der Waals surface area contributed by atoms with Gasteiger partial charge in [0.15, 0.2) is 5.78 Å². The quantitative estimate of drug-likeness (QED) is 0.773. The molecule has 0 aliphatic carbocycles. The van der Waals surface area contributed by atoms with Crippen molar-refractivity contribution < 1.29 is 4.79 Å². The second kappa shape index (κ2) is 6.61. The number of carbonyl (C=O) groups excluding carboxylic acids is 1. The minimum absolute atomic E-state index is 0.0768. The number of benzene rings is 1. The summed E-state index contributed by atoms with van der Waals surface area (Å²) in [5.41, 5.74) is 0.458. The van der Waals surface area contributed by atoms with Gasteiger partial charge in [-0.2, -0.15) is 5.26 Å². The molecule has 17 heavy (non-hydrogen) atoms. The summed E-state index contributed by atoms with van der Waals surface area (Å²) in [4.78, 5) is 13.7. The molecule has 0 aromatic heterocycles. The summed E-state index contributed by atoms with van der Waals surface area (Å²) < 4.78 is 0. The fourth-order valence-electron chi connectivity index (χ4n) is 1.37. The highest BCUT2D eigenvalue weighted by atomic mass is 35.5. The molecule has 0 unspecified atom stereocenters. The molecule has 90 valence electrons. The lowest BCUT2D eigenvalue weighted by molar-refractivity contribution is 0.0947. The van der Waals surface area contributed by atoms with E-state index < -0.39 is 0 Å². The monoisotopic (exact) mass is 270 g/mol. The molecule has 0 atom stereocenters. The van der Waals surface area contributed by atoms with E-state index in [1.54, 1.807) is 30.1 Å². The van der Waals surface area contributed by atoms with Gasteiger partial charge in [-0.25, -0.2) is 0 Å². The van der Waals surface area contributed by atoms with Crippen LogP contribution in [0.4, 0.5) is 0 Å². The van der Waals surface area contributed by atoms with E-state index in [0.717, 1.165) is 0 Å². The van der Waals surface area contributed by atoms with Gasteiger partial charge in [0.05, 0.1) is 17.6 Å². The SMILES string of the molecule is CN(CCC#N)CC(=O)c1ccc(Cl)cc1Cl. The van der Waals surface area contributed by atoms with Crippen molar-refractivity contribution in [1.29, 1.82) is 5.26 Å². The number of likely N-dealkylation sites (N-methyl/N-ethyl adjacent to an activating group) is 1. The Labute approximate surface area is 111 Å². The Balaban J connectivity index is 2.67. The number of hydrogen-bond acceptors (Lipinski definition) is 3. The number of hydrogen-bond donors (Lipinski definition) is 0. The van der Waals surface area contributed by atoms with E-state index in [2.05, 4.69) is 0 Å². The Morgan fingerprint density at radius 1 is 1.47 bits per heavy atom. The Hall–Kier alpha value is -1.08. The third kappa shape index (κ3) is 4.35. The van der Waals surface area contributed by atoms with Crippen molar-refractivity contribution in [2.24, 2.45) is 0 Å². The smallest absolute Gasteiger partial charge is 0.178 e. The van der Waals surface area contributed by atoms with E-state index in [1.165, 1.54) is 0 Å². The van der Waals surface area contributed by atoms with Crippen LogP contribution in [-0.4, -0.2) is 30.8 Å². The third-order valence-electron chi connectivity index (χ3n) is 2.25. The highest BCUT2D eigenvalue weighted by Gasteiger charge is 2.12. The lowest BCUT2D eigenvalue weighted by Crippen LogP contribution is -2.27. The van der Waals surface area contributed by atoms with Gasteiger partial charge in [-0.15, -0.1) is 0 Å². The zero-order chi connectivity index (χ0) is 12.8. The van der Waals surface area contributed by atoms with E-state index in [9.17, 15) is 4.79 Å². The van der Waals surface area contributed by atoms with Crippen LogP contribution in [0.1, 0.15) is 16.8 Å². The average Bonchev–Trinajstić information content (AvgIpc) is 2.26. The van der Waals surface area contributed by atoms with Gasteiger partial charge >= 0.3 is 0 Å². The molecule has 0 saturated heterocycles. The van der Waals surface area contributed by atoms with Crippen LogP contribution in [0.5, 0.6) is 0 Å². The first-order valence-electron chi connectivity index (χ1n) is 5.08. The maximum absolute atomic E-state index is 11.9. The summed E-state index contributed by atoms with van der Waals surface area (Å²) in [6.45, 7) is 0.802. The molecule has 5 heteroatoms. The van der Waals surface area contributed by atoms with Crippen molar-refractivity contribution in [3.8, 4) is 6.07 Å². The standard InChI is InChI=1S/C12H12Cl2N2O/c1-16(6-2-5-15)8-12(17)10-4-3-9(13)7-11(10)14/h3-4,7H,2,6,8H2,1H3. The average molecular weight is 271 g/mol. The molecule has 0 amide bonds. The maximum atomic E-state index is 11.9. The first-order chi connectivity index (χ1) is 8.04. The molecule has 1 aromatic rings. The molecular formula is C12H12Cl2N2O. The summed E-state index contributed by atoms with van der Waals surface area (Å²) in [6.07, 6.45) is 0.401. The van der Waals surface area contributed by atoms with Crippen molar-refractivity contribution >= 4 is 29.0 Å². The van der Waals surface area contributed by atoms with E-state index in [0.29, 0.717) is 28.6 Å². The van der Waals surface area contributed by atoms with E-state index >= 15 is 0 Å². The van der Waals surface area contributed by atoms with Crippen LogP contribution < -0.4 is 0 Å². The Morgan fingerprint density at radius 2 is 2.18 bits per heavy atom. The van der Waals surface area contributed by atoms with Gasteiger partial charge in [0, 0.05) is 23.6 Å². The first kappa shape index (κ1) is 14.0. The predicted molar refractivity (Wildman–Crippen MR) is 68.5 cm³/mol. The molecule has 0 heterocycles. The van der Waals surface area contributed by atoms with Crippen molar-refractivity contribution in [3.05, 3.63) is 33.8 Å². The second-order valence-corrected chi connectivity index (χ2v) is 4.54. The van der Waals surface area contributed by atoms with Crippen LogP contribution in [0.25, 0.3) is 0 Å². The number of nitriles is 1. The molecule has 0 N–H and O–H groups in total. The van der Waals surface area contributed by atoms with E-state index in [4.69, 9.17) is 28.5 Å². The molecule has 0 bridgehead atoms. The largest absolute Gasteiger partial charge is 0.298 e. The number of carbonyl (C=O) groups is 1. The van der Waals surface area contributed by atoms with Gasteiger partial charge in [-0.3, -0.25) is 9.69 Å². The predicted octanol–water partition coefficient (Wildman–Crippen LogP) is 3.02. The Bertz CT molecular complexity index is 454. The molecule has 0 aliphatic rings. The lowest BCUT2D eigenvalue weighted by Gasteiger charge is -2.14. The van der Waals surface area contributed by atoms with E-state index in [-0.39, 0.29) is 12.3 Å². The first-order valence-corrected chi connectivity index (χ1v) is 5.84. The molecule has 1 aromatic carbocycles. The van der Waals surface area contributed by atoms with Crippen LogP contribution in [-0.2, 0) is 0 Å². The molecule has 0 radical (unpaired) electrons. The summed E-state index contributed by atoms with van der Waals surface area (Å²) in [7, 11) is 1.79. The van der Waals surface area contributed by atoms with Gasteiger partial charge in [0.2, 0.25) is 0 Å². The highest BCUT2D eigenvalue weighted by Crippen LogP contribution is 2.21. The van der Waals surface area contributed by atoms with Crippen LogP contribution in [0.2, 0.25) is 10.0 Å². The molecule has 0 aliphatic heterocycles. The van der Waals surface area contributed by atoms with Crippen LogP contribution >= 0.6 is 23.2 Å². The Morgan fingerprint density at radius 3 is 2.76 bits per heavy atom. The fraction of sp³-hybridized carbons (Fsp3) is 0.333. The summed E-state index contributed by atoms with van der Waals surface area (Å²) >= 11 is 11.7. The van der Waals surface area contributed by atoms with Crippen LogP contribution in [0, 0.1) is 11.3 Å². The third-order valence-corrected chi connectivity index (χ3v) is 2.80. The van der Waals surface area contributed by atoms with Gasteiger partial charge in [0.25, 0.3) is 0 Å². The fourth-order valence-corrected chi connectivity index (χ4v) is 1.88. The number of nitrogens with zero attached hydrogens (tertiary/aromatic N) is 2. The van der Waals surface area contributed by atoms with Crippen molar-refractivity contribution in [1.82, 2.24) is 4.90 Å². The minimum atomic E-state index is -0.0768. The van der Waals surface area contributed by atoms with E-state index in [1.807, 2.05) is 6.07 Å². The van der Waals surface area contributed by atoms with Crippen molar-refractivity contribution in [2.75, 3.05) is 20.1 Å². The summed E-state index contributed by atoms with van der Waals surface area (Å²) in [5.74, 6) is -0.0768. The molecular weight excluding hydrogens is 259 g/mol. The second-order valence-electron chi connectivity index (χ2n) is 3.69. The molecule has 1 rings (SSSR count). The molecule has 0 spiro atoms. The highest BCUT2D eigenvalue weighted by molar-refractivity contribution is 6.36. The molecule has 0 saturated carbocycles. The summed E-state index contributed by atoms with van der Waals surface area (Å²) in [6, 6.07) is 6.83. The Kier molecular flexibility index (Phi) is 5.43. The minimum Gasteiger partial charge on any atom is -0.298 e. The summed E-state index contributed by atoms with van der Waals surface area (Å²) in [5, 5.41) is 9.31. The maximum Gasteiger partial charge on any atom is 0.178 e. The lowest BCUT2D eigenvalue weighted by atomic mass is 10.1. The van der Waals surface area contributed by atoms with Gasteiger partial charge in [-0.1, -0.05) is 23.2 Å². The number of rotatable bonds is 5. The van der Waals surface area contributed by atoms with Gasteiger partial charge in [0.1, 0.15) is 0 Å². The topological polar surface area (TPSA) is 44.1 Å². The molecule has 0 fully saturated rings. The van der Waals surface area contributed by atoms with Crippen molar-refractivity contribution in [2.45, 2.75) is 6.42 Å². The molecule has 3 nitrogen and oxygen atoms in total. The number of Topliss-reactive ketones (excluding diaryl/α,β-unsaturated/α-hetero) is 1. The van der Waals surface area contributed by atoms with Crippen LogP contribution in [0.3, 0.4) is 0 Å². The van der Waals surface area contributed by atoms with Crippen molar-refractivity contribution in [3.63, 3.8) is 0 Å². The van der Waals surface area contributed by atoms with Gasteiger partial charge < -0.3 is 0 Å². The number of halogens is 2. The zero-order valence-electron chi connectivity index (χ0n) is 9.41. The normalized spacial score (nSPS) is 10.3. The van der Waals surface area contributed by atoms with Crippen LogP contribution in [0.15, 0.2) is 18.2 Å². The van der Waals surface area contributed by atoms with Gasteiger partial charge in [-0.05, 0) is 25.2 Å². The zero-order valence-corrected chi connectivity index (χ0v) is 10.9.